The van der Waals surface area contributed by atoms with Gasteiger partial charge in [0.05, 0.1) is 5.56 Å². The molecule has 1 saturated carbocycles. The van der Waals surface area contributed by atoms with E-state index in [9.17, 15) is 4.79 Å². The van der Waals surface area contributed by atoms with Crippen molar-refractivity contribution in [1.82, 2.24) is 9.88 Å². The van der Waals surface area contributed by atoms with Gasteiger partial charge in [-0.15, -0.1) is 0 Å². The molecular weight excluding hydrogens is 336 g/mol. The Morgan fingerprint density at radius 3 is 2.81 bits per heavy atom. The number of primary amides is 1. The summed E-state index contributed by atoms with van der Waals surface area (Å²) in [6.07, 6.45) is 14.2. The molecule has 2 N–H and O–H groups in total. The highest BCUT2D eigenvalue weighted by atomic mass is 16.1. The second kappa shape index (κ2) is 8.17. The number of piperidine rings is 1. The molecule has 1 atom stereocenters. The monoisotopic (exact) mass is 370 g/mol. The topological polar surface area (TPSA) is 62.5 Å². The second-order valence-electron chi connectivity index (χ2n) is 9.08. The lowest BCUT2D eigenvalue weighted by Crippen LogP contribution is -2.45. The molecule has 5 nitrogen and oxygen atoms in total. The Bertz CT molecular complexity index is 657. The third-order valence-corrected chi connectivity index (χ3v) is 7.11. The molecule has 2 aliphatic heterocycles. The molecule has 0 unspecified atom stereocenters. The van der Waals surface area contributed by atoms with Crippen LogP contribution in [0.4, 0.5) is 5.82 Å². The number of hydrogen-bond donors (Lipinski definition) is 1. The molecule has 1 spiro atoms. The van der Waals surface area contributed by atoms with Gasteiger partial charge in [0.1, 0.15) is 5.82 Å². The summed E-state index contributed by atoms with van der Waals surface area (Å²) in [7, 11) is 0. The van der Waals surface area contributed by atoms with Crippen LogP contribution in [-0.2, 0) is 0 Å². The first-order valence-electron chi connectivity index (χ1n) is 10.9. The van der Waals surface area contributed by atoms with Crippen molar-refractivity contribution >= 4 is 11.7 Å². The number of amides is 1. The first-order chi connectivity index (χ1) is 13.2. The van der Waals surface area contributed by atoms with E-state index < -0.39 is 0 Å². The van der Waals surface area contributed by atoms with Gasteiger partial charge in [-0.05, 0) is 56.8 Å². The Balaban J connectivity index is 1.37. The summed E-state index contributed by atoms with van der Waals surface area (Å²) in [6, 6.07) is 3.59. The molecule has 4 rings (SSSR count). The molecule has 0 bridgehead atoms. The number of aromatic nitrogens is 1. The summed E-state index contributed by atoms with van der Waals surface area (Å²) in [4.78, 5) is 21.3. The standard InChI is InChI=1S/C22H34N4O/c23-20(27)19-8-4-12-24-21(19)26-15-11-22(17-26)10-5-13-25(16-22)14-9-18-6-2-1-3-7-18/h4,8,12,18H,1-3,5-7,9-11,13-17H2,(H2,23,27)/t22-/m0/s1. The van der Waals surface area contributed by atoms with Gasteiger partial charge in [-0.3, -0.25) is 4.79 Å². The van der Waals surface area contributed by atoms with E-state index in [0.717, 1.165) is 24.8 Å². The molecule has 1 aromatic heterocycles. The number of pyridine rings is 1. The second-order valence-corrected chi connectivity index (χ2v) is 9.08. The van der Waals surface area contributed by atoms with Gasteiger partial charge in [0.2, 0.25) is 0 Å². The highest BCUT2D eigenvalue weighted by molar-refractivity contribution is 5.97. The SMILES string of the molecule is NC(=O)c1cccnc1N1CC[C@]2(CCCN(CCC3CCCCC3)C2)C1. The molecule has 3 fully saturated rings. The third-order valence-electron chi connectivity index (χ3n) is 7.11. The van der Waals surface area contributed by atoms with Gasteiger partial charge < -0.3 is 15.5 Å². The predicted octanol–water partition coefficient (Wildman–Crippen LogP) is 3.44. The summed E-state index contributed by atoms with van der Waals surface area (Å²) in [5.74, 6) is 1.36. The molecular formula is C22H34N4O. The lowest BCUT2D eigenvalue weighted by molar-refractivity contribution is 0.0969. The van der Waals surface area contributed by atoms with E-state index in [1.165, 1.54) is 77.4 Å². The first kappa shape index (κ1) is 18.7. The number of anilines is 1. The van der Waals surface area contributed by atoms with E-state index in [0.29, 0.717) is 11.0 Å². The molecule has 2 saturated heterocycles. The molecule has 3 heterocycles. The summed E-state index contributed by atoms with van der Waals surface area (Å²) < 4.78 is 0. The van der Waals surface area contributed by atoms with Crippen molar-refractivity contribution in [3.8, 4) is 0 Å². The van der Waals surface area contributed by atoms with E-state index in [4.69, 9.17) is 5.73 Å². The number of carbonyl (C=O) groups is 1. The van der Waals surface area contributed by atoms with Gasteiger partial charge in [-0.1, -0.05) is 32.1 Å². The highest BCUT2D eigenvalue weighted by Gasteiger charge is 2.42. The number of nitrogens with zero attached hydrogens (tertiary/aromatic N) is 3. The van der Waals surface area contributed by atoms with E-state index in [-0.39, 0.29) is 5.91 Å². The van der Waals surface area contributed by atoms with Crippen LogP contribution < -0.4 is 10.6 Å². The highest BCUT2D eigenvalue weighted by Crippen LogP contribution is 2.41. The third kappa shape index (κ3) is 4.29. The van der Waals surface area contributed by atoms with Crippen LogP contribution in [0.3, 0.4) is 0 Å². The average molecular weight is 371 g/mol. The van der Waals surface area contributed by atoms with E-state index in [1.807, 2.05) is 0 Å². The Morgan fingerprint density at radius 2 is 2.00 bits per heavy atom. The minimum Gasteiger partial charge on any atom is -0.365 e. The van der Waals surface area contributed by atoms with Gasteiger partial charge in [0.15, 0.2) is 0 Å². The molecule has 0 aromatic carbocycles. The van der Waals surface area contributed by atoms with Crippen LogP contribution in [0, 0.1) is 11.3 Å². The number of rotatable bonds is 5. The van der Waals surface area contributed by atoms with Crippen molar-refractivity contribution < 1.29 is 4.79 Å². The fraction of sp³-hybridized carbons (Fsp3) is 0.727. The smallest absolute Gasteiger partial charge is 0.252 e. The van der Waals surface area contributed by atoms with Crippen molar-refractivity contribution in [2.24, 2.45) is 17.1 Å². The lowest BCUT2D eigenvalue weighted by Gasteiger charge is -2.41. The molecule has 1 aliphatic carbocycles. The van der Waals surface area contributed by atoms with Crippen molar-refractivity contribution in [3.63, 3.8) is 0 Å². The molecule has 1 aromatic rings. The number of hydrogen-bond acceptors (Lipinski definition) is 4. The van der Waals surface area contributed by atoms with Gasteiger partial charge in [-0.2, -0.15) is 0 Å². The summed E-state index contributed by atoms with van der Waals surface area (Å²) in [5, 5.41) is 0. The van der Waals surface area contributed by atoms with Crippen LogP contribution >= 0.6 is 0 Å². The van der Waals surface area contributed by atoms with Crippen LogP contribution in [0.25, 0.3) is 0 Å². The van der Waals surface area contributed by atoms with Gasteiger partial charge in [-0.25, -0.2) is 4.98 Å². The number of carbonyl (C=O) groups excluding carboxylic acids is 1. The number of likely N-dealkylation sites (tertiary alicyclic amines) is 1. The van der Waals surface area contributed by atoms with Crippen LogP contribution in [-0.4, -0.2) is 48.5 Å². The first-order valence-corrected chi connectivity index (χ1v) is 10.9. The normalized spacial score (nSPS) is 27.3. The van der Waals surface area contributed by atoms with Gasteiger partial charge in [0, 0.05) is 31.2 Å². The van der Waals surface area contributed by atoms with Gasteiger partial charge >= 0.3 is 0 Å². The maximum absolute atomic E-state index is 11.8. The van der Waals surface area contributed by atoms with Gasteiger partial charge in [0.25, 0.3) is 5.91 Å². The molecule has 3 aliphatic rings. The predicted molar refractivity (Wildman–Crippen MR) is 109 cm³/mol. The Morgan fingerprint density at radius 1 is 1.15 bits per heavy atom. The fourth-order valence-electron chi connectivity index (χ4n) is 5.63. The van der Waals surface area contributed by atoms with Crippen LogP contribution in [0.2, 0.25) is 0 Å². The lowest BCUT2D eigenvalue weighted by atomic mass is 9.79. The largest absolute Gasteiger partial charge is 0.365 e. The summed E-state index contributed by atoms with van der Waals surface area (Å²) >= 11 is 0. The van der Waals surface area contributed by atoms with Crippen molar-refractivity contribution in [1.29, 1.82) is 0 Å². The van der Waals surface area contributed by atoms with Crippen molar-refractivity contribution in [2.45, 2.75) is 57.8 Å². The molecule has 148 valence electrons. The maximum Gasteiger partial charge on any atom is 0.252 e. The minimum absolute atomic E-state index is 0.358. The zero-order valence-electron chi connectivity index (χ0n) is 16.5. The number of nitrogens with two attached hydrogens (primary N) is 1. The minimum atomic E-state index is -0.378. The van der Waals surface area contributed by atoms with E-state index in [1.54, 1.807) is 18.3 Å². The van der Waals surface area contributed by atoms with E-state index in [2.05, 4.69) is 14.8 Å². The van der Waals surface area contributed by atoms with E-state index >= 15 is 0 Å². The summed E-state index contributed by atoms with van der Waals surface area (Å²) in [5.41, 5.74) is 6.48. The van der Waals surface area contributed by atoms with Crippen LogP contribution in [0.1, 0.15) is 68.1 Å². The quantitative estimate of drug-likeness (QED) is 0.862. The summed E-state index contributed by atoms with van der Waals surface area (Å²) in [6.45, 7) is 5.71. The fourth-order valence-corrected chi connectivity index (χ4v) is 5.63. The molecule has 27 heavy (non-hydrogen) atoms. The maximum atomic E-state index is 11.8. The van der Waals surface area contributed by atoms with Crippen LogP contribution in [0.5, 0.6) is 0 Å². The Labute approximate surface area is 163 Å². The zero-order valence-corrected chi connectivity index (χ0v) is 16.5. The molecule has 1 amide bonds. The van der Waals surface area contributed by atoms with Crippen molar-refractivity contribution in [2.75, 3.05) is 37.6 Å². The Hall–Kier alpha value is -1.62. The van der Waals surface area contributed by atoms with Crippen LogP contribution in [0.15, 0.2) is 18.3 Å². The molecule has 5 heteroatoms. The average Bonchev–Trinajstić information content (AvgIpc) is 3.10. The molecule has 0 radical (unpaired) electrons. The zero-order chi connectivity index (χ0) is 18.7. The Kier molecular flexibility index (Phi) is 5.67. The van der Waals surface area contributed by atoms with Crippen molar-refractivity contribution in [3.05, 3.63) is 23.9 Å².